The largest absolute Gasteiger partial charge is 0.326 e. The van der Waals surface area contributed by atoms with Gasteiger partial charge in [-0.15, -0.1) is 0 Å². The van der Waals surface area contributed by atoms with Crippen molar-refractivity contribution < 1.29 is 4.79 Å². The number of aromatic nitrogens is 2. The van der Waals surface area contributed by atoms with Crippen molar-refractivity contribution in [2.75, 3.05) is 5.32 Å². The number of hydrogen-bond donors (Lipinski definition) is 1. The predicted octanol–water partition coefficient (Wildman–Crippen LogP) is 5.94. The van der Waals surface area contributed by atoms with Gasteiger partial charge in [0.05, 0.1) is 12.1 Å². The maximum atomic E-state index is 13.0. The van der Waals surface area contributed by atoms with Crippen molar-refractivity contribution in [3.05, 3.63) is 59.8 Å². The smallest absolute Gasteiger partial charge is 0.224 e. The molecule has 31 heavy (non-hydrogen) atoms. The van der Waals surface area contributed by atoms with E-state index in [9.17, 15) is 4.79 Å². The zero-order valence-electron chi connectivity index (χ0n) is 18.3. The van der Waals surface area contributed by atoms with Crippen LogP contribution in [0, 0.1) is 30.1 Å². The molecular formula is C27H31N3O. The van der Waals surface area contributed by atoms with Crippen LogP contribution in [0.3, 0.4) is 0 Å². The van der Waals surface area contributed by atoms with Gasteiger partial charge in [-0.1, -0.05) is 30.3 Å². The van der Waals surface area contributed by atoms with E-state index in [4.69, 9.17) is 5.10 Å². The van der Waals surface area contributed by atoms with Gasteiger partial charge in [0.25, 0.3) is 0 Å². The van der Waals surface area contributed by atoms with Gasteiger partial charge >= 0.3 is 0 Å². The van der Waals surface area contributed by atoms with Gasteiger partial charge in [-0.2, -0.15) is 5.10 Å². The average molecular weight is 414 g/mol. The van der Waals surface area contributed by atoms with Gasteiger partial charge in [0.2, 0.25) is 5.91 Å². The van der Waals surface area contributed by atoms with Gasteiger partial charge in [0.1, 0.15) is 0 Å². The topological polar surface area (TPSA) is 46.9 Å². The summed E-state index contributed by atoms with van der Waals surface area (Å²) in [6.45, 7) is 2.87. The summed E-state index contributed by atoms with van der Waals surface area (Å²) < 4.78 is 2.06. The van der Waals surface area contributed by atoms with E-state index < -0.39 is 0 Å². The molecule has 7 rings (SSSR count). The summed E-state index contributed by atoms with van der Waals surface area (Å²) in [5.74, 6) is 2.83. The first kappa shape index (κ1) is 19.1. The van der Waals surface area contributed by atoms with Crippen molar-refractivity contribution in [1.82, 2.24) is 9.78 Å². The minimum atomic E-state index is 0.182. The number of rotatable bonds is 5. The van der Waals surface area contributed by atoms with Crippen molar-refractivity contribution in [3.63, 3.8) is 0 Å². The molecular weight excluding hydrogens is 382 g/mol. The highest BCUT2D eigenvalue weighted by atomic mass is 16.1. The maximum absolute atomic E-state index is 13.0. The molecule has 1 aromatic heterocycles. The van der Waals surface area contributed by atoms with Crippen LogP contribution in [-0.4, -0.2) is 15.7 Å². The zero-order chi connectivity index (χ0) is 21.0. The molecule has 160 valence electrons. The highest BCUT2D eigenvalue weighted by Gasteiger charge is 2.51. The monoisotopic (exact) mass is 413 g/mol. The summed E-state index contributed by atoms with van der Waals surface area (Å²) in [5, 5.41) is 9.17. The number of fused-ring (bicyclic) bond motifs is 1. The predicted molar refractivity (Wildman–Crippen MR) is 124 cm³/mol. The van der Waals surface area contributed by atoms with E-state index in [-0.39, 0.29) is 11.3 Å². The molecule has 1 heterocycles. The summed E-state index contributed by atoms with van der Waals surface area (Å²) in [7, 11) is 0. The summed E-state index contributed by atoms with van der Waals surface area (Å²) in [6.07, 6.45) is 8.77. The van der Waals surface area contributed by atoms with E-state index in [0.717, 1.165) is 46.6 Å². The van der Waals surface area contributed by atoms with Crippen molar-refractivity contribution in [3.8, 4) is 0 Å². The van der Waals surface area contributed by atoms with Crippen LogP contribution in [0.2, 0.25) is 0 Å². The Morgan fingerprint density at radius 1 is 1.03 bits per heavy atom. The normalized spacial score (nSPS) is 28.9. The number of amides is 1. The third-order valence-corrected chi connectivity index (χ3v) is 8.16. The third-order valence-electron chi connectivity index (χ3n) is 8.16. The molecule has 4 nitrogen and oxygen atoms in total. The van der Waals surface area contributed by atoms with Crippen LogP contribution in [-0.2, 0) is 11.3 Å². The molecule has 0 saturated heterocycles. The first-order valence-electron chi connectivity index (χ1n) is 11.9. The Balaban J connectivity index is 1.18. The first-order valence-corrected chi connectivity index (χ1v) is 11.9. The highest BCUT2D eigenvalue weighted by Crippen LogP contribution is 2.61. The number of carbonyl (C=O) groups is 1. The molecule has 0 spiro atoms. The fourth-order valence-electron chi connectivity index (χ4n) is 7.30. The number of nitrogens with one attached hydrogen (secondary N) is 1. The molecule has 0 radical (unpaired) electrons. The molecule has 4 bridgehead atoms. The number of hydrogen-bond acceptors (Lipinski definition) is 2. The SMILES string of the molecule is Cc1c2ccc(NC(=O)CC34CC5CC(CC(C5)C3)C4)cc2nn1Cc1ccccc1. The van der Waals surface area contributed by atoms with Gasteiger partial charge in [0.15, 0.2) is 0 Å². The van der Waals surface area contributed by atoms with Gasteiger partial charge in [-0.3, -0.25) is 9.48 Å². The highest BCUT2D eigenvalue weighted by molar-refractivity contribution is 5.94. The lowest BCUT2D eigenvalue weighted by Crippen LogP contribution is -2.47. The summed E-state index contributed by atoms with van der Waals surface area (Å²) in [5.41, 5.74) is 4.48. The lowest BCUT2D eigenvalue weighted by Gasteiger charge is -2.56. The third kappa shape index (κ3) is 3.56. The molecule has 1 N–H and O–H groups in total. The zero-order valence-corrected chi connectivity index (χ0v) is 18.3. The fourth-order valence-corrected chi connectivity index (χ4v) is 7.30. The number of carbonyl (C=O) groups excluding carboxylic acids is 1. The number of benzene rings is 2. The maximum Gasteiger partial charge on any atom is 0.224 e. The van der Waals surface area contributed by atoms with Crippen LogP contribution in [0.4, 0.5) is 5.69 Å². The quantitative estimate of drug-likeness (QED) is 0.563. The van der Waals surface area contributed by atoms with E-state index >= 15 is 0 Å². The fraction of sp³-hybridized carbons (Fsp3) is 0.481. The number of aryl methyl sites for hydroxylation is 1. The molecule has 4 fully saturated rings. The second-order valence-electron chi connectivity index (χ2n) is 10.6. The van der Waals surface area contributed by atoms with Crippen LogP contribution in [0.15, 0.2) is 48.5 Å². The second-order valence-corrected chi connectivity index (χ2v) is 10.6. The first-order chi connectivity index (χ1) is 15.1. The van der Waals surface area contributed by atoms with Crippen molar-refractivity contribution in [1.29, 1.82) is 0 Å². The van der Waals surface area contributed by atoms with E-state index in [1.165, 1.54) is 44.1 Å². The van der Waals surface area contributed by atoms with Crippen LogP contribution in [0.1, 0.15) is 56.2 Å². The molecule has 1 amide bonds. The van der Waals surface area contributed by atoms with E-state index in [1.54, 1.807) is 0 Å². The Hall–Kier alpha value is -2.62. The Morgan fingerprint density at radius 2 is 1.71 bits per heavy atom. The van der Waals surface area contributed by atoms with Crippen molar-refractivity contribution in [2.45, 2.75) is 58.4 Å². The van der Waals surface area contributed by atoms with Crippen LogP contribution in [0.5, 0.6) is 0 Å². The lowest BCUT2D eigenvalue weighted by molar-refractivity contribution is -0.124. The molecule has 2 aromatic carbocycles. The van der Waals surface area contributed by atoms with Gasteiger partial charge in [0, 0.05) is 23.2 Å². The summed E-state index contributed by atoms with van der Waals surface area (Å²) in [4.78, 5) is 13.0. The number of nitrogens with zero attached hydrogens (tertiary/aromatic N) is 2. The van der Waals surface area contributed by atoms with Crippen LogP contribution < -0.4 is 5.32 Å². The standard InChI is InChI=1S/C27H31N3O/c1-18-24-8-7-23(12-25(24)29-30(18)17-19-5-3-2-4-6-19)28-26(31)16-27-13-20-9-21(14-27)11-22(10-20)15-27/h2-8,12,20-22H,9-11,13-17H2,1H3,(H,28,31). The summed E-state index contributed by atoms with van der Waals surface area (Å²) >= 11 is 0. The molecule has 3 aromatic rings. The van der Waals surface area contributed by atoms with E-state index in [1.807, 2.05) is 18.2 Å². The molecule has 4 heteroatoms. The molecule has 4 saturated carbocycles. The Kier molecular flexibility index (Phi) is 4.45. The Morgan fingerprint density at radius 3 is 2.39 bits per heavy atom. The van der Waals surface area contributed by atoms with Crippen LogP contribution >= 0.6 is 0 Å². The average Bonchev–Trinajstić information content (AvgIpc) is 3.02. The molecule has 4 aliphatic rings. The minimum absolute atomic E-state index is 0.182. The van der Waals surface area contributed by atoms with Crippen molar-refractivity contribution in [2.24, 2.45) is 23.2 Å². The Bertz CT molecular complexity index is 1090. The van der Waals surface area contributed by atoms with Gasteiger partial charge < -0.3 is 5.32 Å². The van der Waals surface area contributed by atoms with Crippen LogP contribution in [0.25, 0.3) is 10.9 Å². The van der Waals surface area contributed by atoms with Gasteiger partial charge in [-0.05, 0) is 92.4 Å². The molecule has 0 atom stereocenters. The van der Waals surface area contributed by atoms with E-state index in [0.29, 0.717) is 6.42 Å². The minimum Gasteiger partial charge on any atom is -0.326 e. The second kappa shape index (κ2) is 7.22. The molecule has 0 unspecified atom stereocenters. The van der Waals surface area contributed by atoms with Gasteiger partial charge in [-0.25, -0.2) is 0 Å². The van der Waals surface area contributed by atoms with E-state index in [2.05, 4.69) is 47.3 Å². The molecule has 0 aliphatic heterocycles. The lowest BCUT2D eigenvalue weighted by atomic mass is 9.49. The van der Waals surface area contributed by atoms with Crippen molar-refractivity contribution >= 4 is 22.5 Å². The summed E-state index contributed by atoms with van der Waals surface area (Å²) in [6, 6.07) is 16.6. The Labute approximate surface area is 184 Å². The molecule has 4 aliphatic carbocycles. The number of anilines is 1.